The van der Waals surface area contributed by atoms with Crippen molar-refractivity contribution in [1.82, 2.24) is 0 Å². The van der Waals surface area contributed by atoms with Gasteiger partial charge in [0.1, 0.15) is 6.67 Å². The third kappa shape index (κ3) is 2.45. The normalized spacial score (nSPS) is 11.7. The van der Waals surface area contributed by atoms with E-state index in [4.69, 9.17) is 0 Å². The molecule has 1 aromatic rings. The second kappa shape index (κ2) is 5.09. The standard InChI is InChI=1S/C10H10BrF/c11-7-6-10(8-12)9-4-2-1-3-5-9/h1-6H,7-8H2/b10-6+. The van der Waals surface area contributed by atoms with Gasteiger partial charge in [0.15, 0.2) is 0 Å². The third-order valence-corrected chi connectivity index (χ3v) is 1.94. The summed E-state index contributed by atoms with van der Waals surface area (Å²) >= 11 is 3.25. The Morgan fingerprint density at radius 1 is 1.33 bits per heavy atom. The minimum atomic E-state index is -0.407. The Hall–Kier alpha value is -0.630. The Kier molecular flexibility index (Phi) is 4.01. The Balaban J connectivity index is 2.88. The second-order valence-electron chi connectivity index (χ2n) is 2.38. The lowest BCUT2D eigenvalue weighted by molar-refractivity contribution is 0.571. The van der Waals surface area contributed by atoms with E-state index in [1.54, 1.807) is 0 Å². The van der Waals surface area contributed by atoms with Gasteiger partial charge in [-0.3, -0.25) is 0 Å². The van der Waals surface area contributed by atoms with Crippen molar-refractivity contribution in [2.75, 3.05) is 12.0 Å². The van der Waals surface area contributed by atoms with Crippen molar-refractivity contribution in [3.8, 4) is 0 Å². The number of rotatable bonds is 3. The predicted octanol–water partition coefficient (Wildman–Crippen LogP) is 3.43. The number of hydrogen-bond donors (Lipinski definition) is 0. The summed E-state index contributed by atoms with van der Waals surface area (Å²) in [7, 11) is 0. The van der Waals surface area contributed by atoms with Gasteiger partial charge in [-0.25, -0.2) is 4.39 Å². The highest BCUT2D eigenvalue weighted by atomic mass is 79.9. The SMILES string of the molecule is FC/C(=C\CBr)c1ccccc1. The molecule has 0 aromatic heterocycles. The van der Waals surface area contributed by atoms with Gasteiger partial charge in [-0.1, -0.05) is 52.3 Å². The molecular weight excluding hydrogens is 219 g/mol. The molecule has 0 spiro atoms. The van der Waals surface area contributed by atoms with Crippen molar-refractivity contribution in [1.29, 1.82) is 0 Å². The van der Waals surface area contributed by atoms with Crippen LogP contribution in [0, 0.1) is 0 Å². The molecule has 0 unspecified atom stereocenters. The Morgan fingerprint density at radius 2 is 2.00 bits per heavy atom. The fourth-order valence-electron chi connectivity index (χ4n) is 0.995. The van der Waals surface area contributed by atoms with Crippen LogP contribution in [0.15, 0.2) is 36.4 Å². The Morgan fingerprint density at radius 3 is 2.50 bits per heavy atom. The summed E-state index contributed by atoms with van der Waals surface area (Å²) < 4.78 is 12.4. The lowest BCUT2D eigenvalue weighted by Gasteiger charge is -2.00. The Bertz CT molecular complexity index is 254. The number of alkyl halides is 2. The first-order valence-electron chi connectivity index (χ1n) is 3.75. The van der Waals surface area contributed by atoms with Gasteiger partial charge in [0.25, 0.3) is 0 Å². The molecular formula is C10H10BrF. The van der Waals surface area contributed by atoms with Crippen LogP contribution in [-0.2, 0) is 0 Å². The molecule has 0 aliphatic carbocycles. The molecule has 1 rings (SSSR count). The van der Waals surface area contributed by atoms with Crippen LogP contribution in [-0.4, -0.2) is 12.0 Å². The fourth-order valence-corrected chi connectivity index (χ4v) is 1.39. The molecule has 0 N–H and O–H groups in total. The molecule has 0 aliphatic heterocycles. The van der Waals surface area contributed by atoms with E-state index < -0.39 is 6.67 Å². The first-order chi connectivity index (χ1) is 5.88. The molecule has 0 atom stereocenters. The van der Waals surface area contributed by atoms with E-state index >= 15 is 0 Å². The van der Waals surface area contributed by atoms with Gasteiger partial charge in [0.05, 0.1) is 0 Å². The number of hydrogen-bond acceptors (Lipinski definition) is 0. The van der Waals surface area contributed by atoms with Crippen molar-refractivity contribution in [2.45, 2.75) is 0 Å². The highest BCUT2D eigenvalue weighted by Crippen LogP contribution is 2.14. The highest BCUT2D eigenvalue weighted by Gasteiger charge is 1.97. The van der Waals surface area contributed by atoms with Crippen LogP contribution in [0.2, 0.25) is 0 Å². The molecule has 0 fully saturated rings. The molecule has 0 saturated carbocycles. The van der Waals surface area contributed by atoms with E-state index in [9.17, 15) is 4.39 Å². The zero-order valence-corrected chi connectivity index (χ0v) is 8.22. The van der Waals surface area contributed by atoms with Gasteiger partial charge in [0.2, 0.25) is 0 Å². The average Bonchev–Trinajstić information content (AvgIpc) is 2.15. The van der Waals surface area contributed by atoms with Crippen LogP contribution in [0.4, 0.5) is 4.39 Å². The maximum absolute atomic E-state index is 12.4. The van der Waals surface area contributed by atoms with Crippen LogP contribution in [0.25, 0.3) is 5.57 Å². The maximum atomic E-state index is 12.4. The summed E-state index contributed by atoms with van der Waals surface area (Å²) in [6.07, 6.45) is 1.84. The summed E-state index contributed by atoms with van der Waals surface area (Å²) in [5.41, 5.74) is 1.70. The van der Waals surface area contributed by atoms with Gasteiger partial charge in [-0.15, -0.1) is 0 Å². The van der Waals surface area contributed by atoms with Crippen molar-refractivity contribution in [2.24, 2.45) is 0 Å². The largest absolute Gasteiger partial charge is 0.246 e. The lowest BCUT2D eigenvalue weighted by Crippen LogP contribution is -1.86. The zero-order valence-electron chi connectivity index (χ0n) is 6.63. The van der Waals surface area contributed by atoms with Crippen LogP contribution in [0.5, 0.6) is 0 Å². The van der Waals surface area contributed by atoms with Crippen LogP contribution < -0.4 is 0 Å². The van der Waals surface area contributed by atoms with E-state index in [0.29, 0.717) is 5.33 Å². The lowest BCUT2D eigenvalue weighted by atomic mass is 10.1. The molecule has 12 heavy (non-hydrogen) atoms. The quantitative estimate of drug-likeness (QED) is 0.696. The third-order valence-electron chi connectivity index (χ3n) is 1.61. The number of halogens is 2. The van der Waals surface area contributed by atoms with E-state index in [2.05, 4.69) is 15.9 Å². The minimum Gasteiger partial charge on any atom is -0.246 e. The summed E-state index contributed by atoms with van der Waals surface area (Å²) in [6, 6.07) is 9.57. The fraction of sp³-hybridized carbons (Fsp3) is 0.200. The van der Waals surface area contributed by atoms with Crippen molar-refractivity contribution < 1.29 is 4.39 Å². The zero-order chi connectivity index (χ0) is 8.81. The monoisotopic (exact) mass is 228 g/mol. The van der Waals surface area contributed by atoms with Gasteiger partial charge < -0.3 is 0 Å². The van der Waals surface area contributed by atoms with Gasteiger partial charge >= 0.3 is 0 Å². The molecule has 0 amide bonds. The van der Waals surface area contributed by atoms with Crippen LogP contribution in [0.3, 0.4) is 0 Å². The van der Waals surface area contributed by atoms with E-state index in [-0.39, 0.29) is 0 Å². The number of allylic oxidation sites excluding steroid dienone is 2. The van der Waals surface area contributed by atoms with Gasteiger partial charge in [-0.05, 0) is 11.1 Å². The highest BCUT2D eigenvalue weighted by molar-refractivity contribution is 9.09. The molecule has 64 valence electrons. The Labute approximate surface area is 80.2 Å². The predicted molar refractivity (Wildman–Crippen MR) is 54.2 cm³/mol. The van der Waals surface area contributed by atoms with Crippen molar-refractivity contribution in [3.05, 3.63) is 42.0 Å². The first-order valence-corrected chi connectivity index (χ1v) is 4.87. The molecule has 0 aliphatic rings. The maximum Gasteiger partial charge on any atom is 0.115 e. The van der Waals surface area contributed by atoms with Gasteiger partial charge in [-0.2, -0.15) is 0 Å². The van der Waals surface area contributed by atoms with E-state index in [0.717, 1.165) is 11.1 Å². The topological polar surface area (TPSA) is 0 Å². The second-order valence-corrected chi connectivity index (χ2v) is 3.03. The summed E-state index contributed by atoms with van der Waals surface area (Å²) in [5.74, 6) is 0. The summed E-state index contributed by atoms with van der Waals surface area (Å²) in [6.45, 7) is -0.407. The molecule has 0 radical (unpaired) electrons. The van der Waals surface area contributed by atoms with Crippen LogP contribution >= 0.6 is 15.9 Å². The van der Waals surface area contributed by atoms with Crippen molar-refractivity contribution >= 4 is 21.5 Å². The smallest absolute Gasteiger partial charge is 0.115 e. The van der Waals surface area contributed by atoms with E-state index in [1.165, 1.54) is 0 Å². The molecule has 1 aromatic carbocycles. The average molecular weight is 229 g/mol. The van der Waals surface area contributed by atoms with Crippen LogP contribution in [0.1, 0.15) is 5.56 Å². The number of benzene rings is 1. The molecule has 0 bridgehead atoms. The first kappa shape index (κ1) is 9.46. The molecule has 2 heteroatoms. The molecule has 0 heterocycles. The minimum absolute atomic E-state index is 0.407. The van der Waals surface area contributed by atoms with Crippen molar-refractivity contribution in [3.63, 3.8) is 0 Å². The van der Waals surface area contributed by atoms with Gasteiger partial charge in [0, 0.05) is 5.33 Å². The summed E-state index contributed by atoms with van der Waals surface area (Å²) in [4.78, 5) is 0. The van der Waals surface area contributed by atoms with E-state index in [1.807, 2.05) is 36.4 Å². The molecule has 0 saturated heterocycles. The summed E-state index contributed by atoms with van der Waals surface area (Å²) in [5, 5.41) is 0.696. The molecule has 0 nitrogen and oxygen atoms in total.